The van der Waals surface area contributed by atoms with Crippen molar-refractivity contribution in [1.29, 1.82) is 0 Å². The quantitative estimate of drug-likeness (QED) is 0.229. The Bertz CT molecular complexity index is 1300. The van der Waals surface area contributed by atoms with Gasteiger partial charge in [0.05, 0.1) is 18.0 Å². The van der Waals surface area contributed by atoms with Crippen molar-refractivity contribution >= 4 is 22.9 Å². The maximum absolute atomic E-state index is 13.9. The van der Waals surface area contributed by atoms with Crippen LogP contribution in [0.3, 0.4) is 0 Å². The van der Waals surface area contributed by atoms with Gasteiger partial charge in [-0.1, -0.05) is 42.5 Å². The number of hydrogen-bond donors (Lipinski definition) is 2. The van der Waals surface area contributed by atoms with E-state index in [0.29, 0.717) is 12.2 Å². The minimum Gasteiger partial charge on any atom is -0.347 e. The molecule has 2 aliphatic rings. The van der Waals surface area contributed by atoms with E-state index in [1.54, 1.807) is 18.2 Å². The number of allylic oxidation sites excluding steroid dienone is 1. The number of anilines is 2. The van der Waals surface area contributed by atoms with Gasteiger partial charge < -0.3 is 20.1 Å². The van der Waals surface area contributed by atoms with E-state index < -0.39 is 23.2 Å². The molecule has 0 amide bonds. The summed E-state index contributed by atoms with van der Waals surface area (Å²) in [6, 6.07) is 19.6. The number of ketones is 2. The lowest BCUT2D eigenvalue weighted by molar-refractivity contribution is -0.139. The highest BCUT2D eigenvalue weighted by Crippen LogP contribution is 2.35. The van der Waals surface area contributed by atoms with Gasteiger partial charge in [0.2, 0.25) is 11.6 Å². The third-order valence-electron chi connectivity index (χ3n) is 5.77. The topological polar surface area (TPSA) is 76.7 Å². The molecule has 0 bridgehead atoms. The predicted molar refractivity (Wildman–Crippen MR) is 126 cm³/mol. The van der Waals surface area contributed by atoms with E-state index in [2.05, 4.69) is 10.6 Å². The number of carbonyl (C=O) groups is 2. The molecule has 0 aromatic heterocycles. The zero-order chi connectivity index (χ0) is 23.9. The summed E-state index contributed by atoms with van der Waals surface area (Å²) in [5, 5.41) is 6.24. The second-order valence-corrected chi connectivity index (χ2v) is 8.66. The molecule has 1 fully saturated rings. The Morgan fingerprint density at radius 3 is 2.09 bits per heavy atom. The molecule has 172 valence electrons. The highest BCUT2D eigenvalue weighted by atomic mass is 19.1. The molecule has 2 heterocycles. The summed E-state index contributed by atoms with van der Waals surface area (Å²) in [6.45, 7) is 4.02. The summed E-state index contributed by atoms with van der Waals surface area (Å²) < 4.78 is 25.5. The maximum Gasteiger partial charge on any atom is 0.200 e. The van der Waals surface area contributed by atoms with Crippen LogP contribution in [-0.4, -0.2) is 24.0 Å². The van der Waals surface area contributed by atoms with Crippen molar-refractivity contribution in [3.8, 4) is 0 Å². The Balaban J connectivity index is 1.55. The lowest BCUT2D eigenvalue weighted by Gasteiger charge is -2.17. The second-order valence-electron chi connectivity index (χ2n) is 8.66. The number of para-hydroxylation sites is 2. The molecule has 0 aliphatic carbocycles. The van der Waals surface area contributed by atoms with Gasteiger partial charge in [-0.3, -0.25) is 9.59 Å². The molecular formula is C27H23FN2O4. The predicted octanol–water partition coefficient (Wildman–Crippen LogP) is 5.46. The summed E-state index contributed by atoms with van der Waals surface area (Å²) >= 11 is 0. The monoisotopic (exact) mass is 458 g/mol. The molecule has 0 unspecified atom stereocenters. The molecule has 0 radical (unpaired) electrons. The van der Waals surface area contributed by atoms with Gasteiger partial charge in [0.15, 0.2) is 5.79 Å². The second kappa shape index (κ2) is 8.52. The fourth-order valence-electron chi connectivity index (χ4n) is 4.11. The summed E-state index contributed by atoms with van der Waals surface area (Å²) in [5.41, 5.74) is 2.54. The van der Waals surface area contributed by atoms with Crippen LogP contribution < -0.4 is 10.6 Å². The van der Waals surface area contributed by atoms with E-state index in [4.69, 9.17) is 9.47 Å². The number of carbonyl (C=O) groups excluding carboxylic acids is 2. The van der Waals surface area contributed by atoms with Crippen LogP contribution >= 0.6 is 0 Å². The average Bonchev–Trinajstić information content (AvgIpc) is 3.41. The molecule has 5 rings (SSSR count). The van der Waals surface area contributed by atoms with E-state index in [1.807, 2.05) is 44.2 Å². The number of Topliss-reactive ketones (excluding diaryl/α,β-unsaturated/α-hetero) is 2. The molecular weight excluding hydrogens is 435 g/mol. The minimum atomic E-state index is -0.714. The van der Waals surface area contributed by atoms with Crippen molar-refractivity contribution in [2.45, 2.75) is 25.7 Å². The van der Waals surface area contributed by atoms with E-state index in [-0.39, 0.29) is 23.1 Å². The normalized spacial score (nSPS) is 18.1. The van der Waals surface area contributed by atoms with Gasteiger partial charge in [-0.05, 0) is 49.7 Å². The average molecular weight is 458 g/mol. The molecule has 0 saturated carbocycles. The summed E-state index contributed by atoms with van der Waals surface area (Å²) in [5.74, 6) is -2.08. The van der Waals surface area contributed by atoms with Crippen molar-refractivity contribution in [3.63, 3.8) is 0 Å². The van der Waals surface area contributed by atoms with Crippen LogP contribution in [0.25, 0.3) is 0 Å². The van der Waals surface area contributed by atoms with Gasteiger partial charge in [0.1, 0.15) is 23.3 Å². The SMILES string of the molecule is CC1(C)OC[C@@H](c2cccc(C(=O)C(C(=O)c3cccc(F)c3)=C3Nc4ccccc4N3)c2)O1. The lowest BCUT2D eigenvalue weighted by Crippen LogP contribution is -2.21. The standard InChI is InChI=1S/C27H23FN2O4/c1-27(2)33-15-22(34-27)16-7-5-8-17(13-16)24(31)23(25(32)18-9-6-10-19(28)14-18)26-29-20-11-3-4-12-21(20)30-26/h3-14,22,29-30H,15H2,1-2H3/t22-/m0/s1. The number of benzene rings is 3. The smallest absolute Gasteiger partial charge is 0.200 e. The van der Waals surface area contributed by atoms with Gasteiger partial charge in [-0.2, -0.15) is 0 Å². The van der Waals surface area contributed by atoms with Crippen molar-refractivity contribution in [2.24, 2.45) is 0 Å². The first kappa shape index (κ1) is 22.0. The molecule has 1 saturated heterocycles. The van der Waals surface area contributed by atoms with Gasteiger partial charge in [0.25, 0.3) is 0 Å². The molecule has 0 spiro atoms. The minimum absolute atomic E-state index is 0.0841. The van der Waals surface area contributed by atoms with Crippen LogP contribution in [0.2, 0.25) is 0 Å². The Kier molecular flexibility index (Phi) is 5.51. The van der Waals surface area contributed by atoms with Gasteiger partial charge in [-0.25, -0.2) is 4.39 Å². The number of ether oxygens (including phenoxy) is 2. The maximum atomic E-state index is 13.9. The first-order chi connectivity index (χ1) is 16.3. The molecule has 7 heteroatoms. The van der Waals surface area contributed by atoms with Gasteiger partial charge in [-0.15, -0.1) is 0 Å². The number of hydrogen-bond acceptors (Lipinski definition) is 6. The Hall–Kier alpha value is -3.81. The molecule has 6 nitrogen and oxygen atoms in total. The van der Waals surface area contributed by atoms with Crippen molar-refractivity contribution in [3.05, 3.63) is 107 Å². The Labute approximate surface area is 196 Å². The Morgan fingerprint density at radius 2 is 1.50 bits per heavy atom. The summed E-state index contributed by atoms with van der Waals surface area (Å²) in [7, 11) is 0. The molecule has 3 aromatic rings. The number of rotatable bonds is 5. The summed E-state index contributed by atoms with van der Waals surface area (Å²) in [6.07, 6.45) is -0.329. The fraction of sp³-hybridized carbons (Fsp3) is 0.185. The largest absolute Gasteiger partial charge is 0.347 e. The van der Waals surface area contributed by atoms with Crippen LogP contribution in [0.1, 0.15) is 46.2 Å². The van der Waals surface area contributed by atoms with E-state index in [1.165, 1.54) is 18.2 Å². The van der Waals surface area contributed by atoms with Crippen LogP contribution in [0.15, 0.2) is 84.2 Å². The fourth-order valence-corrected chi connectivity index (χ4v) is 4.11. The molecule has 34 heavy (non-hydrogen) atoms. The van der Waals surface area contributed by atoms with Crippen LogP contribution in [0.5, 0.6) is 0 Å². The number of nitrogens with one attached hydrogen (secondary N) is 2. The molecule has 2 aliphatic heterocycles. The van der Waals surface area contributed by atoms with Crippen molar-refractivity contribution < 1.29 is 23.5 Å². The first-order valence-electron chi connectivity index (χ1n) is 10.9. The highest BCUT2D eigenvalue weighted by molar-refractivity contribution is 6.32. The van der Waals surface area contributed by atoms with E-state index in [0.717, 1.165) is 23.0 Å². The Morgan fingerprint density at radius 1 is 0.882 bits per heavy atom. The van der Waals surface area contributed by atoms with E-state index >= 15 is 0 Å². The third-order valence-corrected chi connectivity index (χ3v) is 5.77. The number of halogens is 1. The molecule has 2 N–H and O–H groups in total. The van der Waals surface area contributed by atoms with E-state index in [9.17, 15) is 14.0 Å². The van der Waals surface area contributed by atoms with Crippen LogP contribution in [0, 0.1) is 5.82 Å². The summed E-state index contributed by atoms with van der Waals surface area (Å²) in [4.78, 5) is 27.3. The van der Waals surface area contributed by atoms with Crippen molar-refractivity contribution in [1.82, 2.24) is 0 Å². The van der Waals surface area contributed by atoms with Gasteiger partial charge >= 0.3 is 0 Å². The highest BCUT2D eigenvalue weighted by Gasteiger charge is 2.34. The first-order valence-corrected chi connectivity index (χ1v) is 10.9. The zero-order valence-electron chi connectivity index (χ0n) is 18.7. The molecule has 1 atom stereocenters. The van der Waals surface area contributed by atoms with Crippen molar-refractivity contribution in [2.75, 3.05) is 17.2 Å². The zero-order valence-corrected chi connectivity index (χ0v) is 18.7. The third kappa shape index (κ3) is 4.23. The lowest BCUT2D eigenvalue weighted by atomic mass is 9.94. The number of fused-ring (bicyclic) bond motifs is 1. The molecule has 3 aromatic carbocycles. The van der Waals surface area contributed by atoms with Crippen LogP contribution in [-0.2, 0) is 9.47 Å². The van der Waals surface area contributed by atoms with Gasteiger partial charge in [0, 0.05) is 11.1 Å². The van der Waals surface area contributed by atoms with Crippen LogP contribution in [0.4, 0.5) is 15.8 Å².